The largest absolute Gasteiger partial charge is 0.476 e. The van der Waals surface area contributed by atoms with Crippen molar-refractivity contribution in [3.05, 3.63) is 23.5 Å². The van der Waals surface area contributed by atoms with Crippen molar-refractivity contribution >= 4 is 16.5 Å². The Kier molecular flexibility index (Phi) is 10.8. The third-order valence-electron chi connectivity index (χ3n) is 5.52. The molecule has 1 saturated heterocycles. The second-order valence-electron chi connectivity index (χ2n) is 9.70. The molecule has 12 heteroatoms. The van der Waals surface area contributed by atoms with Crippen LogP contribution in [0, 0.1) is 11.7 Å². The molecule has 1 aliphatic heterocycles. The van der Waals surface area contributed by atoms with Crippen LogP contribution in [-0.4, -0.2) is 77.7 Å². The molecule has 1 aromatic carbocycles. The molecule has 202 valence electrons. The van der Waals surface area contributed by atoms with Gasteiger partial charge in [0.25, 0.3) is 0 Å². The smallest absolute Gasteiger partial charge is 0.427 e. The van der Waals surface area contributed by atoms with E-state index in [1.54, 1.807) is 0 Å². The first kappa shape index (κ1) is 29.8. The molecule has 1 aromatic rings. The Morgan fingerprint density at radius 1 is 1.26 bits per heavy atom. The van der Waals surface area contributed by atoms with Gasteiger partial charge in [-0.25, -0.2) is 4.39 Å². The second-order valence-corrected chi connectivity index (χ2v) is 11.2. The predicted molar refractivity (Wildman–Crippen MR) is 126 cm³/mol. The Labute approximate surface area is 206 Å². The van der Waals surface area contributed by atoms with Gasteiger partial charge in [0.2, 0.25) is 6.10 Å². The number of hydrogen-bond donors (Lipinski definition) is 3. The molecule has 7 nitrogen and oxygen atoms in total. The number of halogens is 4. The molecule has 1 heterocycles. The molecule has 0 aromatic heterocycles. The number of nitrogens with one attached hydrogen (secondary N) is 1. The Morgan fingerprint density at radius 3 is 2.54 bits per heavy atom. The molecular formula is C23H36F4N2O5S. The van der Waals surface area contributed by atoms with Crippen LogP contribution in [-0.2, 0) is 26.7 Å². The molecule has 1 aliphatic rings. The third-order valence-corrected chi connectivity index (χ3v) is 7.06. The first-order valence-electron chi connectivity index (χ1n) is 11.4. The molecule has 0 spiro atoms. The van der Waals surface area contributed by atoms with Crippen LogP contribution in [0.5, 0.6) is 5.75 Å². The van der Waals surface area contributed by atoms with Crippen molar-refractivity contribution in [2.75, 3.05) is 44.1 Å². The highest BCUT2D eigenvalue weighted by molar-refractivity contribution is 7.85. The molecule has 35 heavy (non-hydrogen) atoms. The molecule has 5 atom stereocenters. The van der Waals surface area contributed by atoms with Gasteiger partial charge in [-0.05, 0) is 57.9 Å². The fourth-order valence-corrected chi connectivity index (χ4v) is 5.44. The third kappa shape index (κ3) is 9.49. The van der Waals surface area contributed by atoms with Crippen LogP contribution in [0.15, 0.2) is 12.1 Å². The van der Waals surface area contributed by atoms with Crippen molar-refractivity contribution in [3.8, 4) is 5.75 Å². The summed E-state index contributed by atoms with van der Waals surface area (Å²) in [6.45, 7) is 6.16. The van der Waals surface area contributed by atoms with Crippen LogP contribution < -0.4 is 15.8 Å². The lowest BCUT2D eigenvalue weighted by atomic mass is 9.91. The summed E-state index contributed by atoms with van der Waals surface area (Å²) in [5.74, 6) is -1.44. The lowest BCUT2D eigenvalue weighted by Crippen LogP contribution is -2.53. The van der Waals surface area contributed by atoms with Crippen molar-refractivity contribution in [2.45, 2.75) is 63.6 Å². The monoisotopic (exact) mass is 528 g/mol. The number of alkyl halides is 3. The van der Waals surface area contributed by atoms with E-state index in [9.17, 15) is 26.9 Å². The van der Waals surface area contributed by atoms with E-state index in [1.807, 2.05) is 20.8 Å². The maximum absolute atomic E-state index is 14.4. The number of methoxy groups -OCH3 is 1. The average molecular weight is 529 g/mol. The van der Waals surface area contributed by atoms with Gasteiger partial charge in [0.05, 0.1) is 18.3 Å². The van der Waals surface area contributed by atoms with Gasteiger partial charge in [0.1, 0.15) is 17.3 Å². The fraction of sp³-hybridized carbons (Fsp3) is 0.739. The molecule has 0 amide bonds. The van der Waals surface area contributed by atoms with E-state index in [-0.39, 0.29) is 29.1 Å². The van der Waals surface area contributed by atoms with E-state index in [1.165, 1.54) is 6.07 Å². The number of benzene rings is 1. The van der Waals surface area contributed by atoms with Crippen molar-refractivity contribution in [2.24, 2.45) is 5.92 Å². The normalized spacial score (nSPS) is 24.4. The lowest BCUT2D eigenvalue weighted by Gasteiger charge is -2.35. The summed E-state index contributed by atoms with van der Waals surface area (Å²) < 4.78 is 81.7. The van der Waals surface area contributed by atoms with Crippen LogP contribution in [0.3, 0.4) is 0 Å². The van der Waals surface area contributed by atoms with Crippen LogP contribution in [0.1, 0.15) is 32.8 Å². The van der Waals surface area contributed by atoms with Gasteiger partial charge < -0.3 is 30.4 Å². The van der Waals surface area contributed by atoms with Crippen molar-refractivity contribution in [3.63, 3.8) is 0 Å². The summed E-state index contributed by atoms with van der Waals surface area (Å²) in [5.41, 5.74) is 5.10. The van der Waals surface area contributed by atoms with Crippen LogP contribution in [0.25, 0.3) is 0 Å². The highest BCUT2D eigenvalue weighted by Crippen LogP contribution is 2.33. The molecule has 0 bridgehead atoms. The molecule has 0 aliphatic carbocycles. The molecule has 0 unspecified atom stereocenters. The summed E-state index contributed by atoms with van der Waals surface area (Å²) in [4.78, 5) is 0. The van der Waals surface area contributed by atoms with Gasteiger partial charge in [0.15, 0.2) is 0 Å². The van der Waals surface area contributed by atoms with E-state index < -0.39 is 65.0 Å². The highest BCUT2D eigenvalue weighted by atomic mass is 32.2. The van der Waals surface area contributed by atoms with Crippen molar-refractivity contribution in [1.82, 2.24) is 5.32 Å². The molecule has 2 rings (SSSR count). The maximum Gasteiger partial charge on any atom is 0.427 e. The standard InChI is InChI=1S/C23H36F4N2O5S/c1-22(2,3)33-7-5-6-29-17-13-35(31)12-15(21(17)30)8-14-9-16(24)20(28)18(10-14)34-19(11-32-4)23(25,26)27/h9-10,15,17,19,21,29-30H,5-8,11-13,28H2,1-4H3/t15-,17+,19-,21+,35-/m1/s1. The summed E-state index contributed by atoms with van der Waals surface area (Å²) in [6.07, 6.45) is -7.16. The Bertz CT molecular complexity index is 850. The number of aliphatic hydroxyl groups excluding tert-OH is 1. The van der Waals surface area contributed by atoms with E-state index >= 15 is 0 Å². The minimum absolute atomic E-state index is 0.0900. The van der Waals surface area contributed by atoms with E-state index in [2.05, 4.69) is 10.1 Å². The van der Waals surface area contributed by atoms with E-state index in [0.29, 0.717) is 19.6 Å². The SMILES string of the molecule is COC[C@@H](Oc1cc(C[C@@H]2C[S@@](=O)C[C@H](NCCCOC(C)(C)C)[C@H]2O)cc(F)c1N)C(F)(F)F. The second kappa shape index (κ2) is 12.7. The topological polar surface area (TPSA) is 103 Å². The van der Waals surface area contributed by atoms with Gasteiger partial charge in [-0.1, -0.05) is 0 Å². The first-order valence-corrected chi connectivity index (χ1v) is 12.9. The minimum Gasteiger partial charge on any atom is -0.476 e. The zero-order valence-corrected chi connectivity index (χ0v) is 21.3. The van der Waals surface area contributed by atoms with Crippen LogP contribution >= 0.6 is 0 Å². The Hall–Kier alpha value is -1.47. The van der Waals surface area contributed by atoms with Gasteiger partial charge in [-0.15, -0.1) is 0 Å². The number of nitrogens with two attached hydrogens (primary N) is 1. The van der Waals surface area contributed by atoms with Crippen molar-refractivity contribution in [1.29, 1.82) is 0 Å². The number of aliphatic hydroxyl groups is 1. The Morgan fingerprint density at radius 2 is 1.94 bits per heavy atom. The quantitative estimate of drug-likeness (QED) is 0.231. The number of nitrogen functional groups attached to an aromatic ring is 1. The predicted octanol–water partition coefficient (Wildman–Crippen LogP) is 2.81. The fourth-order valence-electron chi connectivity index (χ4n) is 3.79. The summed E-state index contributed by atoms with van der Waals surface area (Å²) in [6, 6.07) is 1.89. The zero-order chi connectivity index (χ0) is 26.4. The number of anilines is 1. The maximum atomic E-state index is 14.4. The number of ether oxygens (including phenoxy) is 3. The molecule has 0 radical (unpaired) electrons. The summed E-state index contributed by atoms with van der Waals surface area (Å²) in [7, 11) is -0.131. The molecule has 4 N–H and O–H groups in total. The average Bonchev–Trinajstić information content (AvgIpc) is 2.72. The molecule has 0 saturated carbocycles. The number of hydrogen-bond acceptors (Lipinski definition) is 7. The van der Waals surface area contributed by atoms with Gasteiger partial charge in [0, 0.05) is 48.0 Å². The summed E-state index contributed by atoms with van der Waals surface area (Å²) in [5, 5.41) is 14.1. The van der Waals surface area contributed by atoms with Crippen LogP contribution in [0.2, 0.25) is 0 Å². The number of rotatable bonds is 11. The lowest BCUT2D eigenvalue weighted by molar-refractivity contribution is -0.206. The van der Waals surface area contributed by atoms with E-state index in [0.717, 1.165) is 13.2 Å². The van der Waals surface area contributed by atoms with Crippen molar-refractivity contribution < 1.29 is 41.1 Å². The van der Waals surface area contributed by atoms with Gasteiger partial charge in [-0.3, -0.25) is 4.21 Å². The van der Waals surface area contributed by atoms with E-state index in [4.69, 9.17) is 15.2 Å². The first-order chi connectivity index (χ1) is 16.2. The molecule has 1 fully saturated rings. The summed E-state index contributed by atoms with van der Waals surface area (Å²) >= 11 is 0. The minimum atomic E-state index is -4.75. The highest BCUT2D eigenvalue weighted by Gasteiger charge is 2.42. The van der Waals surface area contributed by atoms with Crippen LogP contribution in [0.4, 0.5) is 23.2 Å². The van der Waals surface area contributed by atoms with Gasteiger partial charge in [-0.2, -0.15) is 13.2 Å². The molecular weight excluding hydrogens is 492 g/mol. The zero-order valence-electron chi connectivity index (χ0n) is 20.5. The Balaban J connectivity index is 2.08. The van der Waals surface area contributed by atoms with Gasteiger partial charge >= 0.3 is 6.18 Å².